The molecule has 0 atom stereocenters. The van der Waals surface area contributed by atoms with E-state index in [1.807, 2.05) is 24.6 Å². The number of thioether (sulfide) groups is 1. The summed E-state index contributed by atoms with van der Waals surface area (Å²) in [5.41, 5.74) is 6.35. The Balaban J connectivity index is 1.63. The Morgan fingerprint density at radius 1 is 1.24 bits per heavy atom. The monoisotopic (exact) mass is 353 g/mol. The number of hydrogen-bond acceptors (Lipinski definition) is 3. The van der Waals surface area contributed by atoms with Gasteiger partial charge in [0.1, 0.15) is 5.82 Å². The van der Waals surface area contributed by atoms with Crippen molar-refractivity contribution in [2.24, 2.45) is 0 Å². The second kappa shape index (κ2) is 6.56. The highest BCUT2D eigenvalue weighted by molar-refractivity contribution is 7.98. The van der Waals surface area contributed by atoms with Crippen LogP contribution in [0.4, 0.5) is 10.1 Å². The van der Waals surface area contributed by atoms with Gasteiger partial charge >= 0.3 is 0 Å². The van der Waals surface area contributed by atoms with Crippen molar-refractivity contribution in [3.8, 4) is 11.3 Å². The molecule has 1 N–H and O–H groups in total. The molecule has 0 spiro atoms. The first kappa shape index (κ1) is 16.2. The van der Waals surface area contributed by atoms with Gasteiger partial charge in [-0.05, 0) is 48.6 Å². The fraction of sp³-hybridized carbons (Fsp3) is 0.250. The maximum absolute atomic E-state index is 14.1. The van der Waals surface area contributed by atoms with Crippen LogP contribution in [0.5, 0.6) is 0 Å². The fourth-order valence-corrected chi connectivity index (χ4v) is 3.88. The van der Waals surface area contributed by atoms with Crippen molar-refractivity contribution in [3.05, 3.63) is 65.2 Å². The molecule has 0 saturated heterocycles. The molecular formula is C20H20FN3S. The van der Waals surface area contributed by atoms with Gasteiger partial charge in [0.15, 0.2) is 0 Å². The van der Waals surface area contributed by atoms with E-state index in [0.717, 1.165) is 30.2 Å². The lowest BCUT2D eigenvalue weighted by atomic mass is 10.1. The van der Waals surface area contributed by atoms with Gasteiger partial charge in [0.2, 0.25) is 0 Å². The molecule has 5 heteroatoms. The Morgan fingerprint density at radius 2 is 2.08 bits per heavy atom. The summed E-state index contributed by atoms with van der Waals surface area (Å²) in [5.74, 6) is -0.189. The highest BCUT2D eigenvalue weighted by atomic mass is 32.2. The topological polar surface area (TPSA) is 31.9 Å². The summed E-state index contributed by atoms with van der Waals surface area (Å²) in [4.78, 5) is 10.3. The number of pyridine rings is 1. The van der Waals surface area contributed by atoms with Gasteiger partial charge in [-0.3, -0.25) is 0 Å². The third kappa shape index (κ3) is 3.04. The van der Waals surface area contributed by atoms with Crippen molar-refractivity contribution < 1.29 is 4.39 Å². The summed E-state index contributed by atoms with van der Waals surface area (Å²) < 4.78 is 14.1. The van der Waals surface area contributed by atoms with Crippen molar-refractivity contribution in [2.45, 2.75) is 24.9 Å². The summed E-state index contributed by atoms with van der Waals surface area (Å²) in [6.45, 7) is 3.89. The number of hydrogen-bond donors (Lipinski definition) is 1. The smallest absolute Gasteiger partial charge is 0.132 e. The van der Waals surface area contributed by atoms with Gasteiger partial charge < -0.3 is 9.88 Å². The highest BCUT2D eigenvalue weighted by Gasteiger charge is 2.21. The molecule has 1 aliphatic rings. The van der Waals surface area contributed by atoms with E-state index in [4.69, 9.17) is 0 Å². The molecular weight excluding hydrogens is 333 g/mol. The van der Waals surface area contributed by atoms with E-state index < -0.39 is 0 Å². The molecule has 0 bridgehead atoms. The number of nitrogens with one attached hydrogen (secondary N) is 1. The molecule has 0 amide bonds. The molecule has 0 saturated carbocycles. The molecule has 4 rings (SSSR count). The van der Waals surface area contributed by atoms with Crippen LogP contribution in [0.1, 0.15) is 16.8 Å². The van der Waals surface area contributed by atoms with Gasteiger partial charge in [0, 0.05) is 36.5 Å². The lowest BCUT2D eigenvalue weighted by Crippen LogP contribution is -2.30. The van der Waals surface area contributed by atoms with Crippen LogP contribution in [-0.4, -0.2) is 22.8 Å². The van der Waals surface area contributed by atoms with Crippen LogP contribution < -0.4 is 4.90 Å². The van der Waals surface area contributed by atoms with Crippen molar-refractivity contribution in [3.63, 3.8) is 0 Å². The number of fused-ring (bicyclic) bond motifs is 1. The minimum Gasteiger partial charge on any atom is -0.365 e. The van der Waals surface area contributed by atoms with Gasteiger partial charge in [0.25, 0.3) is 0 Å². The summed E-state index contributed by atoms with van der Waals surface area (Å²) in [6, 6.07) is 11.1. The van der Waals surface area contributed by atoms with Crippen molar-refractivity contribution in [2.75, 3.05) is 17.7 Å². The van der Waals surface area contributed by atoms with E-state index in [2.05, 4.69) is 33.9 Å². The molecule has 25 heavy (non-hydrogen) atoms. The van der Waals surface area contributed by atoms with E-state index in [0.29, 0.717) is 5.56 Å². The Hall–Kier alpha value is -2.27. The molecule has 0 aliphatic carbocycles. The SMILES string of the molecule is CSc1cc(C)c(N2CCc3[nH]c(-c4ccccc4F)cc3C2)cn1. The minimum atomic E-state index is -0.189. The number of benzene rings is 1. The van der Waals surface area contributed by atoms with Crippen LogP contribution in [0.25, 0.3) is 11.3 Å². The van der Waals surface area contributed by atoms with Gasteiger partial charge in [-0.2, -0.15) is 0 Å². The number of rotatable bonds is 3. The molecule has 1 aromatic carbocycles. The zero-order valence-electron chi connectivity index (χ0n) is 14.3. The van der Waals surface area contributed by atoms with Crippen molar-refractivity contribution in [1.82, 2.24) is 9.97 Å². The van der Waals surface area contributed by atoms with E-state index >= 15 is 0 Å². The van der Waals surface area contributed by atoms with Crippen molar-refractivity contribution in [1.29, 1.82) is 0 Å². The molecule has 0 radical (unpaired) electrons. The molecule has 1 aliphatic heterocycles. The van der Waals surface area contributed by atoms with Gasteiger partial charge in [-0.25, -0.2) is 9.37 Å². The maximum atomic E-state index is 14.1. The third-order valence-electron chi connectivity index (χ3n) is 4.76. The number of H-pyrrole nitrogens is 1. The summed E-state index contributed by atoms with van der Waals surface area (Å²) in [5, 5.41) is 1.04. The van der Waals surface area contributed by atoms with E-state index in [1.54, 1.807) is 17.8 Å². The largest absolute Gasteiger partial charge is 0.365 e. The Morgan fingerprint density at radius 3 is 2.84 bits per heavy atom. The standard InChI is InChI=1S/C20H20FN3S/c1-13-9-20(25-2)22-11-19(13)24-8-7-17-14(12-24)10-18(23-17)15-5-3-4-6-16(15)21/h3-6,9-11,23H,7-8,12H2,1-2H3. The number of halogens is 1. The normalized spacial score (nSPS) is 13.8. The Bertz CT molecular complexity index is 919. The Labute approximate surface area is 151 Å². The second-order valence-electron chi connectivity index (χ2n) is 6.35. The lowest BCUT2D eigenvalue weighted by molar-refractivity contribution is 0.631. The molecule has 0 fully saturated rings. The first-order valence-electron chi connectivity index (χ1n) is 8.37. The zero-order valence-corrected chi connectivity index (χ0v) is 15.2. The number of aromatic nitrogens is 2. The van der Waals surface area contributed by atoms with Gasteiger partial charge in [-0.1, -0.05) is 12.1 Å². The number of anilines is 1. The predicted molar refractivity (Wildman–Crippen MR) is 102 cm³/mol. The third-order valence-corrected chi connectivity index (χ3v) is 5.40. The summed E-state index contributed by atoms with van der Waals surface area (Å²) in [6.07, 6.45) is 4.93. The Kier molecular flexibility index (Phi) is 4.25. The average Bonchev–Trinajstić information content (AvgIpc) is 3.04. The number of nitrogens with zero attached hydrogens (tertiary/aromatic N) is 2. The highest BCUT2D eigenvalue weighted by Crippen LogP contribution is 2.31. The number of aromatic amines is 1. The van der Waals surface area contributed by atoms with Gasteiger partial charge in [0.05, 0.1) is 16.9 Å². The van der Waals surface area contributed by atoms with Crippen LogP contribution in [0.3, 0.4) is 0 Å². The first-order chi connectivity index (χ1) is 12.2. The zero-order chi connectivity index (χ0) is 17.4. The first-order valence-corrected chi connectivity index (χ1v) is 9.59. The predicted octanol–water partition coefficient (Wildman–Crippen LogP) is 4.81. The van der Waals surface area contributed by atoms with Crippen LogP contribution in [0.15, 0.2) is 47.6 Å². The van der Waals surface area contributed by atoms with Crippen LogP contribution in [0.2, 0.25) is 0 Å². The molecule has 3 nitrogen and oxygen atoms in total. The minimum absolute atomic E-state index is 0.189. The fourth-order valence-electron chi connectivity index (χ4n) is 3.43. The molecule has 3 heterocycles. The summed E-state index contributed by atoms with van der Waals surface area (Å²) in [7, 11) is 0. The van der Waals surface area contributed by atoms with E-state index in [1.165, 1.54) is 28.6 Å². The van der Waals surface area contributed by atoms with Crippen LogP contribution >= 0.6 is 11.8 Å². The molecule has 0 unspecified atom stereocenters. The quantitative estimate of drug-likeness (QED) is 0.686. The molecule has 3 aromatic rings. The molecule has 128 valence electrons. The average molecular weight is 353 g/mol. The molecule has 2 aromatic heterocycles. The van der Waals surface area contributed by atoms with Crippen LogP contribution in [0, 0.1) is 12.7 Å². The maximum Gasteiger partial charge on any atom is 0.132 e. The van der Waals surface area contributed by atoms with Gasteiger partial charge in [-0.15, -0.1) is 11.8 Å². The number of aryl methyl sites for hydroxylation is 1. The lowest BCUT2D eigenvalue weighted by Gasteiger charge is -2.30. The van der Waals surface area contributed by atoms with Crippen molar-refractivity contribution >= 4 is 17.4 Å². The van der Waals surface area contributed by atoms with E-state index in [9.17, 15) is 4.39 Å². The summed E-state index contributed by atoms with van der Waals surface area (Å²) >= 11 is 1.66. The second-order valence-corrected chi connectivity index (χ2v) is 7.18. The van der Waals surface area contributed by atoms with Crippen LogP contribution in [-0.2, 0) is 13.0 Å². The van der Waals surface area contributed by atoms with E-state index in [-0.39, 0.29) is 5.82 Å².